The van der Waals surface area contributed by atoms with Gasteiger partial charge < -0.3 is 18.6 Å². The molecule has 0 fully saturated rings. The highest BCUT2D eigenvalue weighted by atomic mass is 32.1. The zero-order chi connectivity index (χ0) is 58.5. The number of nitrogens with zero attached hydrogens (tertiary/aromatic N) is 2. The molecule has 2 aliphatic heterocycles. The van der Waals surface area contributed by atoms with Gasteiger partial charge in [-0.15, -0.1) is 22.7 Å². The molecular formula is C82H62N2O2S2. The van der Waals surface area contributed by atoms with Gasteiger partial charge in [-0.25, -0.2) is 0 Å². The van der Waals surface area contributed by atoms with E-state index in [4.69, 9.17) is 9.47 Å². The summed E-state index contributed by atoms with van der Waals surface area (Å²) in [4.78, 5) is 0. The first-order chi connectivity index (χ1) is 43.5. The van der Waals surface area contributed by atoms with E-state index < -0.39 is 0 Å². The molecule has 6 heterocycles. The lowest BCUT2D eigenvalue weighted by molar-refractivity contribution is 0.400. The molecule has 0 bridgehead atoms. The lowest BCUT2D eigenvalue weighted by Gasteiger charge is -2.41. The normalized spacial score (nSPS) is 13.8. The van der Waals surface area contributed by atoms with Gasteiger partial charge in [0.15, 0.2) is 0 Å². The highest BCUT2D eigenvalue weighted by Gasteiger charge is 2.45. The van der Waals surface area contributed by atoms with E-state index >= 15 is 0 Å². The third-order valence-electron chi connectivity index (χ3n) is 19.2. The van der Waals surface area contributed by atoms with Gasteiger partial charge >= 0.3 is 0 Å². The zero-order valence-corrected chi connectivity index (χ0v) is 50.8. The molecule has 424 valence electrons. The van der Waals surface area contributed by atoms with Gasteiger partial charge in [-0.1, -0.05) is 197 Å². The van der Waals surface area contributed by atoms with Crippen LogP contribution in [0.25, 0.3) is 95.3 Å². The second kappa shape index (κ2) is 21.0. The predicted molar refractivity (Wildman–Crippen MR) is 372 cm³/mol. The molecule has 18 rings (SSSR count). The summed E-state index contributed by atoms with van der Waals surface area (Å²) < 4.78 is 23.2. The SMILES string of the molecule is CCCCC1(c2ccc3sc4ccc(C5(CCCC)c6ccccc6Oc6ccccc65)cc4c3c2)c2ccccc2Oc2ccccc21.c1ccc2c(c1)c1ccccc1n2-c1ccc2sc3ccc(-n4c5ccccc5c5ccccc54)cc3c2c1. The highest BCUT2D eigenvalue weighted by molar-refractivity contribution is 7.26. The predicted octanol–water partition coefficient (Wildman–Crippen LogP) is 23.6. The van der Waals surface area contributed by atoms with E-state index in [0.717, 1.165) is 61.5 Å². The molecule has 0 unspecified atom stereocenters. The van der Waals surface area contributed by atoms with Crippen molar-refractivity contribution in [1.82, 2.24) is 9.13 Å². The first-order valence-corrected chi connectivity index (χ1v) is 32.8. The Kier molecular flexibility index (Phi) is 12.6. The van der Waals surface area contributed by atoms with Crippen molar-refractivity contribution in [3.8, 4) is 34.4 Å². The third kappa shape index (κ3) is 8.01. The molecule has 12 aromatic carbocycles. The van der Waals surface area contributed by atoms with Gasteiger partial charge in [0.05, 0.1) is 32.9 Å². The van der Waals surface area contributed by atoms with Crippen LogP contribution in [0.4, 0.5) is 0 Å². The Morgan fingerprint density at radius 2 is 0.580 bits per heavy atom. The number of hydrogen-bond donors (Lipinski definition) is 0. The highest BCUT2D eigenvalue weighted by Crippen LogP contribution is 2.57. The number of benzene rings is 12. The summed E-state index contributed by atoms with van der Waals surface area (Å²) in [7, 11) is 0. The van der Waals surface area contributed by atoms with Gasteiger partial charge in [0.2, 0.25) is 0 Å². The molecular weight excluding hydrogens is 1110 g/mol. The van der Waals surface area contributed by atoms with Crippen LogP contribution < -0.4 is 9.47 Å². The molecule has 0 saturated heterocycles. The van der Waals surface area contributed by atoms with Crippen LogP contribution in [-0.4, -0.2) is 9.13 Å². The molecule has 0 radical (unpaired) electrons. The average molecular weight is 1170 g/mol. The maximum Gasteiger partial charge on any atom is 0.131 e. The maximum atomic E-state index is 6.55. The van der Waals surface area contributed by atoms with Crippen molar-refractivity contribution >= 4 is 107 Å². The smallest absolute Gasteiger partial charge is 0.131 e. The summed E-state index contributed by atoms with van der Waals surface area (Å²) in [6, 6.07) is 98.0. The fourth-order valence-electron chi connectivity index (χ4n) is 15.2. The van der Waals surface area contributed by atoms with Gasteiger partial charge in [-0.05, 0) is 133 Å². The van der Waals surface area contributed by atoms with E-state index in [9.17, 15) is 0 Å². The van der Waals surface area contributed by atoms with Gasteiger partial charge in [0.25, 0.3) is 0 Å². The summed E-state index contributed by atoms with van der Waals surface area (Å²) in [5.41, 5.74) is 14.5. The average Bonchev–Trinajstić information content (AvgIpc) is 0.972. The van der Waals surface area contributed by atoms with Gasteiger partial charge in [0, 0.05) is 95.5 Å². The second-order valence-corrected chi connectivity index (χ2v) is 26.1. The van der Waals surface area contributed by atoms with Crippen molar-refractivity contribution in [2.45, 2.75) is 63.2 Å². The molecule has 4 nitrogen and oxygen atoms in total. The van der Waals surface area contributed by atoms with E-state index in [0.29, 0.717) is 0 Å². The molecule has 0 spiro atoms. The Morgan fingerprint density at radius 1 is 0.295 bits per heavy atom. The van der Waals surface area contributed by atoms with Gasteiger partial charge in [-0.3, -0.25) is 0 Å². The van der Waals surface area contributed by atoms with E-state index in [2.05, 4.69) is 290 Å². The van der Waals surface area contributed by atoms with E-state index in [-0.39, 0.29) is 10.8 Å². The molecule has 0 amide bonds. The Labute approximate surface area is 519 Å². The van der Waals surface area contributed by atoms with Crippen LogP contribution in [0.2, 0.25) is 0 Å². The quantitative estimate of drug-likeness (QED) is 0.137. The standard InChI is InChI=1S/C46H40O2S.C36H22N2S/c1-3-5-27-45(35-15-7-11-19-39(35)47-40-20-12-8-16-36(40)45)31-23-25-43-33(29-31)34-30-32(24-26-44(34)49-43)46(28-6-4-2)37-17-9-13-21-41(37)48-42-22-14-10-18-38(42)46;1-5-13-31-25(9-1)26-10-2-6-14-32(26)37(31)23-17-19-35-29(21-23)30-22-24(18-20-36(30)39-35)38-33-15-7-3-11-27(33)28-12-4-8-16-34(28)38/h7-26,29-30H,3-6,27-28H2,1-2H3;1-22H. The minimum absolute atomic E-state index is 0.303. The number of thiophene rings is 2. The first-order valence-electron chi connectivity index (χ1n) is 31.2. The molecule has 0 N–H and O–H groups in total. The van der Waals surface area contributed by atoms with Crippen molar-refractivity contribution in [3.63, 3.8) is 0 Å². The fourth-order valence-corrected chi connectivity index (χ4v) is 17.4. The largest absolute Gasteiger partial charge is 0.457 e. The summed E-state index contributed by atoms with van der Waals surface area (Å²) in [6.07, 6.45) is 6.55. The number of hydrogen-bond acceptors (Lipinski definition) is 4. The van der Waals surface area contributed by atoms with Crippen LogP contribution >= 0.6 is 22.7 Å². The molecule has 0 saturated carbocycles. The van der Waals surface area contributed by atoms with Crippen LogP contribution in [0.15, 0.2) is 267 Å². The summed E-state index contributed by atoms with van der Waals surface area (Å²) in [5.74, 6) is 3.85. The number of para-hydroxylation sites is 8. The zero-order valence-electron chi connectivity index (χ0n) is 49.2. The van der Waals surface area contributed by atoms with Crippen molar-refractivity contribution in [3.05, 3.63) is 300 Å². The Bertz CT molecular complexity index is 4890. The van der Waals surface area contributed by atoms with Crippen LogP contribution in [0.5, 0.6) is 23.0 Å². The Hall–Kier alpha value is -9.72. The van der Waals surface area contributed by atoms with Crippen molar-refractivity contribution in [2.75, 3.05) is 0 Å². The molecule has 2 aliphatic rings. The van der Waals surface area contributed by atoms with E-state index in [1.807, 2.05) is 22.7 Å². The number of ether oxygens (including phenoxy) is 2. The van der Waals surface area contributed by atoms with Gasteiger partial charge in [-0.2, -0.15) is 0 Å². The molecule has 6 heteroatoms. The molecule has 4 aromatic heterocycles. The van der Waals surface area contributed by atoms with Gasteiger partial charge in [0.1, 0.15) is 23.0 Å². The number of fused-ring (bicyclic) bond motifs is 16. The topological polar surface area (TPSA) is 28.3 Å². The van der Waals surface area contributed by atoms with E-state index in [1.54, 1.807) is 0 Å². The lowest BCUT2D eigenvalue weighted by Crippen LogP contribution is -2.33. The second-order valence-electron chi connectivity index (χ2n) is 23.9. The lowest BCUT2D eigenvalue weighted by atomic mass is 9.64. The van der Waals surface area contributed by atoms with Crippen LogP contribution in [0.1, 0.15) is 85.8 Å². The molecule has 0 aliphatic carbocycles. The maximum absolute atomic E-state index is 6.55. The Balaban J connectivity index is 0.000000140. The van der Waals surface area contributed by atoms with Crippen molar-refractivity contribution in [2.24, 2.45) is 0 Å². The minimum atomic E-state index is -0.303. The van der Waals surface area contributed by atoms with Crippen LogP contribution in [-0.2, 0) is 10.8 Å². The summed E-state index contributed by atoms with van der Waals surface area (Å²) >= 11 is 3.77. The van der Waals surface area contributed by atoms with E-state index in [1.165, 1.54) is 129 Å². The first kappa shape index (κ1) is 52.6. The fraction of sp³-hybridized carbons (Fsp3) is 0.122. The monoisotopic (exact) mass is 1170 g/mol. The molecule has 88 heavy (non-hydrogen) atoms. The van der Waals surface area contributed by atoms with Crippen LogP contribution in [0, 0.1) is 0 Å². The summed E-state index contributed by atoms with van der Waals surface area (Å²) in [5, 5.41) is 10.4. The van der Waals surface area contributed by atoms with Crippen molar-refractivity contribution in [1.29, 1.82) is 0 Å². The van der Waals surface area contributed by atoms with Crippen molar-refractivity contribution < 1.29 is 9.47 Å². The number of rotatable bonds is 10. The molecule has 16 aromatic rings. The third-order valence-corrected chi connectivity index (χ3v) is 21.5. The molecule has 0 atom stereocenters. The van der Waals surface area contributed by atoms with Crippen LogP contribution in [0.3, 0.4) is 0 Å². The number of aromatic nitrogens is 2. The number of unbranched alkanes of at least 4 members (excludes halogenated alkanes) is 2. The Morgan fingerprint density at radius 3 is 0.909 bits per heavy atom. The summed E-state index contributed by atoms with van der Waals surface area (Å²) in [6.45, 7) is 4.59. The minimum Gasteiger partial charge on any atom is -0.457 e.